The molecule has 0 aliphatic rings. The Kier molecular flexibility index (Phi) is 6.13. The molecule has 0 saturated heterocycles. The van der Waals surface area contributed by atoms with Crippen LogP contribution in [0.25, 0.3) is 10.9 Å². The first-order valence-electron chi connectivity index (χ1n) is 10.0. The molecule has 0 fully saturated rings. The molecule has 0 radical (unpaired) electrons. The summed E-state index contributed by atoms with van der Waals surface area (Å²) >= 11 is 1.36. The number of hydrogen-bond acceptors (Lipinski definition) is 5. The van der Waals surface area contributed by atoms with Crippen LogP contribution in [0.5, 0.6) is 0 Å². The van der Waals surface area contributed by atoms with Crippen LogP contribution in [0.4, 0.5) is 5.69 Å². The van der Waals surface area contributed by atoms with E-state index < -0.39 is 0 Å². The van der Waals surface area contributed by atoms with E-state index in [0.717, 1.165) is 27.8 Å². The smallest absolute Gasteiger partial charge is 0.283 e. The molecule has 2 heterocycles. The molecule has 4 aromatic rings. The SMILES string of the molecule is CCCC(=O)c1ccc2c(Sc3ccccc3[N+](=O)[O-])cn(Cc3cccnc3)c2c1. The molecule has 2 aromatic carbocycles. The van der Waals surface area contributed by atoms with Crippen LogP contribution in [0.3, 0.4) is 0 Å². The Hall–Kier alpha value is -3.45. The van der Waals surface area contributed by atoms with Gasteiger partial charge in [0.25, 0.3) is 5.69 Å². The first-order chi connectivity index (χ1) is 15.1. The fourth-order valence-corrected chi connectivity index (χ4v) is 4.61. The van der Waals surface area contributed by atoms with Gasteiger partial charge in [-0.25, -0.2) is 0 Å². The first-order valence-corrected chi connectivity index (χ1v) is 10.8. The van der Waals surface area contributed by atoms with Crippen molar-refractivity contribution in [1.29, 1.82) is 0 Å². The van der Waals surface area contributed by atoms with E-state index in [0.29, 0.717) is 23.4 Å². The summed E-state index contributed by atoms with van der Waals surface area (Å²) < 4.78 is 2.08. The Morgan fingerprint density at radius 1 is 1.13 bits per heavy atom. The highest BCUT2D eigenvalue weighted by Crippen LogP contribution is 2.39. The van der Waals surface area contributed by atoms with Gasteiger partial charge < -0.3 is 4.57 Å². The molecule has 0 N–H and O–H groups in total. The Labute approximate surface area is 184 Å². The van der Waals surface area contributed by atoms with Crippen LogP contribution in [0.15, 0.2) is 83.0 Å². The lowest BCUT2D eigenvalue weighted by molar-refractivity contribution is -0.387. The summed E-state index contributed by atoms with van der Waals surface area (Å²) in [5.41, 5.74) is 2.72. The van der Waals surface area contributed by atoms with E-state index >= 15 is 0 Å². The van der Waals surface area contributed by atoms with E-state index in [1.54, 1.807) is 24.4 Å². The number of carbonyl (C=O) groups is 1. The number of nitro benzene ring substituents is 1. The number of aromatic nitrogens is 2. The average molecular weight is 432 g/mol. The number of fused-ring (bicyclic) bond motifs is 1. The van der Waals surface area contributed by atoms with Gasteiger partial charge in [0.05, 0.1) is 15.3 Å². The topological polar surface area (TPSA) is 78.0 Å². The minimum Gasteiger partial charge on any atom is -0.342 e. The third-order valence-corrected chi connectivity index (χ3v) is 6.11. The quantitative estimate of drug-likeness (QED) is 0.191. The molecule has 0 aliphatic carbocycles. The molecule has 2 aromatic heterocycles. The number of pyridine rings is 1. The van der Waals surface area contributed by atoms with Gasteiger partial charge in [0.2, 0.25) is 0 Å². The van der Waals surface area contributed by atoms with Gasteiger partial charge in [-0.1, -0.05) is 49.0 Å². The van der Waals surface area contributed by atoms with Crippen LogP contribution >= 0.6 is 11.8 Å². The van der Waals surface area contributed by atoms with E-state index in [2.05, 4.69) is 9.55 Å². The molecule has 0 unspecified atom stereocenters. The molecule has 0 spiro atoms. The standard InChI is InChI=1S/C24H21N3O3S/c1-2-6-22(28)18-10-11-19-21(13-18)26(15-17-7-5-12-25-14-17)16-24(19)31-23-9-4-3-8-20(23)27(29)30/h3-5,7-14,16H,2,6,15H2,1H3. The number of carbonyl (C=O) groups excluding carboxylic acids is 1. The number of rotatable bonds is 8. The average Bonchev–Trinajstić information content (AvgIpc) is 3.11. The van der Waals surface area contributed by atoms with Gasteiger partial charge >= 0.3 is 0 Å². The highest BCUT2D eigenvalue weighted by Gasteiger charge is 2.18. The number of hydrogen-bond donors (Lipinski definition) is 0. The van der Waals surface area contributed by atoms with E-state index in [9.17, 15) is 14.9 Å². The third kappa shape index (κ3) is 4.51. The summed E-state index contributed by atoms with van der Waals surface area (Å²) in [7, 11) is 0. The van der Waals surface area contributed by atoms with Crippen molar-refractivity contribution in [2.45, 2.75) is 36.1 Å². The molecule has 31 heavy (non-hydrogen) atoms. The van der Waals surface area contributed by atoms with Crippen molar-refractivity contribution in [3.05, 3.63) is 94.4 Å². The second kappa shape index (κ2) is 9.14. The zero-order valence-corrected chi connectivity index (χ0v) is 17.8. The van der Waals surface area contributed by atoms with Gasteiger partial charge in [0.1, 0.15) is 0 Å². The monoisotopic (exact) mass is 431 g/mol. The lowest BCUT2D eigenvalue weighted by Crippen LogP contribution is -2.01. The van der Waals surface area contributed by atoms with Gasteiger partial charge in [-0.05, 0) is 30.2 Å². The van der Waals surface area contributed by atoms with Crippen molar-refractivity contribution in [1.82, 2.24) is 9.55 Å². The molecule has 4 rings (SSSR count). The minimum atomic E-state index is -0.362. The largest absolute Gasteiger partial charge is 0.342 e. The van der Waals surface area contributed by atoms with Crippen LogP contribution in [0.2, 0.25) is 0 Å². The summed E-state index contributed by atoms with van der Waals surface area (Å²) in [5.74, 6) is 0.117. The molecular weight excluding hydrogens is 410 g/mol. The lowest BCUT2D eigenvalue weighted by Gasteiger charge is -2.06. The second-order valence-electron chi connectivity index (χ2n) is 7.21. The molecule has 156 valence electrons. The van der Waals surface area contributed by atoms with E-state index in [1.165, 1.54) is 17.8 Å². The predicted octanol–water partition coefficient (Wildman–Crippen LogP) is 6.13. The van der Waals surface area contributed by atoms with E-state index in [1.807, 2.05) is 49.6 Å². The number of nitro groups is 1. The Morgan fingerprint density at radius 3 is 2.71 bits per heavy atom. The predicted molar refractivity (Wildman–Crippen MR) is 122 cm³/mol. The maximum absolute atomic E-state index is 12.5. The number of ketones is 1. The maximum Gasteiger partial charge on any atom is 0.283 e. The number of para-hydroxylation sites is 1. The Bertz CT molecular complexity index is 1250. The molecule has 7 heteroatoms. The zero-order valence-electron chi connectivity index (χ0n) is 17.0. The van der Waals surface area contributed by atoms with E-state index in [4.69, 9.17) is 0 Å². The van der Waals surface area contributed by atoms with Crippen LogP contribution in [-0.4, -0.2) is 20.3 Å². The maximum atomic E-state index is 12.5. The van der Waals surface area contributed by atoms with Gasteiger partial charge in [0, 0.05) is 53.5 Å². The number of Topliss-reactive ketones (excluding diaryl/α,β-unsaturated/α-hetero) is 1. The fourth-order valence-electron chi connectivity index (χ4n) is 3.52. The summed E-state index contributed by atoms with van der Waals surface area (Å²) in [4.78, 5) is 29.2. The molecule has 0 aliphatic heterocycles. The molecule has 6 nitrogen and oxygen atoms in total. The third-order valence-electron chi connectivity index (χ3n) is 5.00. The van der Waals surface area contributed by atoms with Crippen molar-refractivity contribution in [2.75, 3.05) is 0 Å². The van der Waals surface area contributed by atoms with Crippen molar-refractivity contribution >= 4 is 34.1 Å². The fraction of sp³-hybridized carbons (Fsp3) is 0.167. The Morgan fingerprint density at radius 2 is 1.97 bits per heavy atom. The summed E-state index contributed by atoms with van der Waals surface area (Å²) in [6.45, 7) is 2.58. The van der Waals surface area contributed by atoms with Crippen molar-refractivity contribution in [2.24, 2.45) is 0 Å². The van der Waals surface area contributed by atoms with Crippen molar-refractivity contribution in [3.8, 4) is 0 Å². The molecule has 0 saturated carbocycles. The summed E-state index contributed by atoms with van der Waals surface area (Å²) in [6, 6.07) is 16.3. The highest BCUT2D eigenvalue weighted by atomic mass is 32.2. The lowest BCUT2D eigenvalue weighted by atomic mass is 10.1. The van der Waals surface area contributed by atoms with Crippen molar-refractivity contribution in [3.63, 3.8) is 0 Å². The molecule has 0 amide bonds. The first kappa shape index (κ1) is 20.8. The number of nitrogens with zero attached hydrogens (tertiary/aromatic N) is 3. The second-order valence-corrected chi connectivity index (χ2v) is 8.30. The van der Waals surface area contributed by atoms with Gasteiger partial charge in [-0.2, -0.15) is 0 Å². The van der Waals surface area contributed by atoms with Crippen LogP contribution in [0, 0.1) is 10.1 Å². The van der Waals surface area contributed by atoms with Crippen LogP contribution in [-0.2, 0) is 6.54 Å². The van der Waals surface area contributed by atoms with Crippen LogP contribution in [0.1, 0.15) is 35.7 Å². The van der Waals surface area contributed by atoms with Gasteiger partial charge in [-0.3, -0.25) is 19.9 Å². The normalized spacial score (nSPS) is 11.0. The minimum absolute atomic E-state index is 0.0791. The molecular formula is C24H21N3O3S. The molecule has 0 atom stereocenters. The van der Waals surface area contributed by atoms with Gasteiger partial charge in [0.15, 0.2) is 5.78 Å². The highest BCUT2D eigenvalue weighted by molar-refractivity contribution is 7.99. The Balaban J connectivity index is 1.80. The summed E-state index contributed by atoms with van der Waals surface area (Å²) in [5, 5.41) is 12.4. The summed E-state index contributed by atoms with van der Waals surface area (Å²) in [6.07, 6.45) is 6.84. The molecule has 0 bridgehead atoms. The zero-order chi connectivity index (χ0) is 21.8. The van der Waals surface area contributed by atoms with Crippen molar-refractivity contribution < 1.29 is 9.72 Å². The van der Waals surface area contributed by atoms with Gasteiger partial charge in [-0.15, -0.1) is 0 Å². The number of benzene rings is 2. The van der Waals surface area contributed by atoms with E-state index in [-0.39, 0.29) is 16.4 Å². The van der Waals surface area contributed by atoms with Crippen LogP contribution < -0.4 is 0 Å².